The number of hydrogen-bond acceptors (Lipinski definition) is 3. The number of hydrogen-bond donors (Lipinski definition) is 1. The number of aliphatic hydroxyl groups is 1. The Morgan fingerprint density at radius 1 is 1.25 bits per heavy atom. The summed E-state index contributed by atoms with van der Waals surface area (Å²) in [7, 11) is 2.01. The number of aromatic nitrogens is 2. The van der Waals surface area contributed by atoms with Crippen LogP contribution in [0.5, 0.6) is 0 Å². The lowest BCUT2D eigenvalue weighted by molar-refractivity contribution is 0.160. The van der Waals surface area contributed by atoms with E-state index in [2.05, 4.69) is 41.1 Å². The Bertz CT molecular complexity index is 509. The van der Waals surface area contributed by atoms with Gasteiger partial charge in [0, 0.05) is 39.1 Å². The molecule has 1 atom stereocenters. The topological polar surface area (TPSA) is 41.3 Å². The highest BCUT2D eigenvalue weighted by Gasteiger charge is 2.13. The van der Waals surface area contributed by atoms with Crippen molar-refractivity contribution in [2.45, 2.75) is 20.0 Å². The van der Waals surface area contributed by atoms with E-state index < -0.39 is 0 Å². The van der Waals surface area contributed by atoms with Gasteiger partial charge in [0.1, 0.15) is 5.82 Å². The van der Waals surface area contributed by atoms with Crippen LogP contribution in [0.15, 0.2) is 42.7 Å². The van der Waals surface area contributed by atoms with Crippen LogP contribution in [0.1, 0.15) is 18.3 Å². The van der Waals surface area contributed by atoms with Crippen molar-refractivity contribution >= 4 is 0 Å². The Morgan fingerprint density at radius 3 is 2.60 bits per heavy atom. The number of benzene rings is 1. The molecule has 1 heterocycles. The van der Waals surface area contributed by atoms with E-state index in [1.807, 2.05) is 30.1 Å². The molecule has 1 aromatic carbocycles. The van der Waals surface area contributed by atoms with E-state index in [4.69, 9.17) is 0 Å². The molecule has 0 spiro atoms. The molecule has 0 saturated carbocycles. The Kier molecular flexibility index (Phi) is 5.32. The normalized spacial score (nSPS) is 12.8. The number of aryl methyl sites for hydroxylation is 1. The Balaban J connectivity index is 2.06. The van der Waals surface area contributed by atoms with E-state index >= 15 is 0 Å². The number of imidazole rings is 1. The first-order valence-corrected chi connectivity index (χ1v) is 7.02. The van der Waals surface area contributed by atoms with Gasteiger partial charge in [0.25, 0.3) is 0 Å². The third-order valence-electron chi connectivity index (χ3n) is 3.42. The van der Waals surface area contributed by atoms with Crippen LogP contribution >= 0.6 is 0 Å². The van der Waals surface area contributed by atoms with E-state index in [-0.39, 0.29) is 12.5 Å². The molecule has 4 heteroatoms. The van der Waals surface area contributed by atoms with E-state index in [1.54, 1.807) is 0 Å². The Morgan fingerprint density at radius 2 is 2.00 bits per heavy atom. The summed E-state index contributed by atoms with van der Waals surface area (Å²) in [6.07, 6.45) is 3.79. The smallest absolute Gasteiger partial charge is 0.122 e. The molecule has 20 heavy (non-hydrogen) atoms. The summed E-state index contributed by atoms with van der Waals surface area (Å²) in [4.78, 5) is 6.72. The molecule has 0 aliphatic heterocycles. The fourth-order valence-corrected chi connectivity index (χ4v) is 2.27. The van der Waals surface area contributed by atoms with Crippen LogP contribution in [-0.4, -0.2) is 32.7 Å². The maximum absolute atomic E-state index is 9.28. The molecular formula is C16H23N3O. The van der Waals surface area contributed by atoms with Gasteiger partial charge in [-0.05, 0) is 11.5 Å². The zero-order valence-corrected chi connectivity index (χ0v) is 12.2. The van der Waals surface area contributed by atoms with Gasteiger partial charge in [-0.15, -0.1) is 0 Å². The third kappa shape index (κ3) is 4.18. The maximum Gasteiger partial charge on any atom is 0.122 e. The van der Waals surface area contributed by atoms with E-state index in [0.717, 1.165) is 25.5 Å². The van der Waals surface area contributed by atoms with Crippen LogP contribution in [0.25, 0.3) is 0 Å². The lowest BCUT2D eigenvalue weighted by atomic mass is 10.1. The Labute approximate surface area is 120 Å². The average Bonchev–Trinajstić information content (AvgIpc) is 2.85. The minimum Gasteiger partial charge on any atom is -0.396 e. The first-order chi connectivity index (χ1) is 9.69. The largest absolute Gasteiger partial charge is 0.396 e. The second-order valence-corrected chi connectivity index (χ2v) is 5.40. The van der Waals surface area contributed by atoms with E-state index in [1.165, 1.54) is 5.56 Å². The summed E-state index contributed by atoms with van der Waals surface area (Å²) >= 11 is 0. The molecule has 1 N–H and O–H groups in total. The molecule has 2 rings (SSSR count). The lowest BCUT2D eigenvalue weighted by Gasteiger charge is -2.24. The van der Waals surface area contributed by atoms with E-state index in [9.17, 15) is 5.11 Å². The van der Waals surface area contributed by atoms with Crippen molar-refractivity contribution in [3.63, 3.8) is 0 Å². The number of nitrogens with zero attached hydrogens (tertiary/aromatic N) is 3. The highest BCUT2D eigenvalue weighted by Crippen LogP contribution is 2.11. The monoisotopic (exact) mass is 273 g/mol. The molecule has 0 aliphatic rings. The standard InChI is InChI=1S/C16H23N3O/c1-14(13-20)10-19(11-15-6-4-3-5-7-15)12-16-17-8-9-18(16)2/h3-9,14,20H,10-13H2,1-2H3/t14-/m0/s1. The molecule has 108 valence electrons. The minimum absolute atomic E-state index is 0.214. The van der Waals surface area contributed by atoms with Crippen LogP contribution in [0.2, 0.25) is 0 Å². The van der Waals surface area contributed by atoms with E-state index in [0.29, 0.717) is 0 Å². The minimum atomic E-state index is 0.214. The molecule has 0 saturated heterocycles. The predicted octanol–water partition coefficient (Wildman–Crippen LogP) is 2.05. The molecular weight excluding hydrogens is 250 g/mol. The van der Waals surface area contributed by atoms with Gasteiger partial charge in [0.2, 0.25) is 0 Å². The zero-order valence-electron chi connectivity index (χ0n) is 12.2. The first-order valence-electron chi connectivity index (χ1n) is 7.02. The summed E-state index contributed by atoms with van der Waals surface area (Å²) in [5.74, 6) is 1.31. The molecule has 0 radical (unpaired) electrons. The molecule has 0 amide bonds. The van der Waals surface area contributed by atoms with Crippen molar-refractivity contribution in [3.05, 3.63) is 54.1 Å². The quantitative estimate of drug-likeness (QED) is 0.839. The van der Waals surface area contributed by atoms with Crippen molar-refractivity contribution in [1.29, 1.82) is 0 Å². The fraction of sp³-hybridized carbons (Fsp3) is 0.438. The summed E-state index contributed by atoms with van der Waals surface area (Å²) in [6, 6.07) is 10.4. The van der Waals surface area contributed by atoms with Crippen LogP contribution in [0.4, 0.5) is 0 Å². The SMILES string of the molecule is C[C@H](CO)CN(Cc1ccccc1)Cc1nccn1C. The van der Waals surface area contributed by atoms with Crippen LogP contribution in [0.3, 0.4) is 0 Å². The van der Waals surface area contributed by atoms with Crippen molar-refractivity contribution in [1.82, 2.24) is 14.5 Å². The highest BCUT2D eigenvalue weighted by molar-refractivity contribution is 5.14. The molecule has 0 fully saturated rings. The van der Waals surface area contributed by atoms with Gasteiger partial charge >= 0.3 is 0 Å². The Hall–Kier alpha value is -1.65. The van der Waals surface area contributed by atoms with Gasteiger partial charge in [-0.2, -0.15) is 0 Å². The number of aliphatic hydroxyl groups excluding tert-OH is 1. The summed E-state index contributed by atoms with van der Waals surface area (Å²) < 4.78 is 2.04. The fourth-order valence-electron chi connectivity index (χ4n) is 2.27. The van der Waals surface area contributed by atoms with Gasteiger partial charge < -0.3 is 9.67 Å². The molecule has 0 unspecified atom stereocenters. The summed E-state index contributed by atoms with van der Waals surface area (Å²) in [5, 5.41) is 9.28. The number of rotatable bonds is 7. The van der Waals surface area contributed by atoms with Crippen LogP contribution in [0, 0.1) is 5.92 Å². The van der Waals surface area contributed by atoms with Gasteiger partial charge in [-0.1, -0.05) is 37.3 Å². The molecule has 2 aromatic rings. The third-order valence-corrected chi connectivity index (χ3v) is 3.42. The molecule has 0 bridgehead atoms. The van der Waals surface area contributed by atoms with Crippen LogP contribution < -0.4 is 0 Å². The second kappa shape index (κ2) is 7.22. The van der Waals surface area contributed by atoms with Gasteiger partial charge in [-0.25, -0.2) is 4.98 Å². The van der Waals surface area contributed by atoms with Gasteiger partial charge in [0.15, 0.2) is 0 Å². The highest BCUT2D eigenvalue weighted by atomic mass is 16.3. The summed E-state index contributed by atoms with van der Waals surface area (Å²) in [6.45, 7) is 4.81. The first kappa shape index (κ1) is 14.8. The average molecular weight is 273 g/mol. The van der Waals surface area contributed by atoms with Crippen molar-refractivity contribution in [2.75, 3.05) is 13.2 Å². The van der Waals surface area contributed by atoms with Crippen LogP contribution in [-0.2, 0) is 20.1 Å². The van der Waals surface area contributed by atoms with Crippen molar-refractivity contribution in [2.24, 2.45) is 13.0 Å². The molecule has 4 nitrogen and oxygen atoms in total. The van der Waals surface area contributed by atoms with Gasteiger partial charge in [-0.3, -0.25) is 4.90 Å². The van der Waals surface area contributed by atoms with Crippen molar-refractivity contribution < 1.29 is 5.11 Å². The maximum atomic E-state index is 9.28. The zero-order chi connectivity index (χ0) is 14.4. The summed E-state index contributed by atoms with van der Waals surface area (Å²) in [5.41, 5.74) is 1.28. The van der Waals surface area contributed by atoms with Crippen molar-refractivity contribution in [3.8, 4) is 0 Å². The lowest BCUT2D eigenvalue weighted by Crippen LogP contribution is -2.30. The second-order valence-electron chi connectivity index (χ2n) is 5.40. The molecule has 0 aliphatic carbocycles. The molecule has 1 aromatic heterocycles. The predicted molar refractivity (Wildman–Crippen MR) is 80.0 cm³/mol. The van der Waals surface area contributed by atoms with Gasteiger partial charge in [0.05, 0.1) is 6.54 Å².